The molecule has 0 saturated heterocycles. The summed E-state index contributed by atoms with van der Waals surface area (Å²) in [5, 5.41) is 2.92. The molecule has 0 spiro atoms. The van der Waals surface area contributed by atoms with Crippen LogP contribution in [0.4, 0.5) is 0 Å². The molecular weight excluding hydrogens is 326 g/mol. The van der Waals surface area contributed by atoms with Crippen LogP contribution in [0.3, 0.4) is 0 Å². The van der Waals surface area contributed by atoms with Crippen LogP contribution >= 0.6 is 23.4 Å². The van der Waals surface area contributed by atoms with Gasteiger partial charge in [0.25, 0.3) is 5.91 Å². The van der Waals surface area contributed by atoms with Crippen molar-refractivity contribution in [2.75, 3.05) is 18.6 Å². The molecule has 0 aliphatic carbocycles. The third-order valence-electron chi connectivity index (χ3n) is 2.74. The Hall–Kier alpha value is -1.53. The van der Waals surface area contributed by atoms with E-state index < -0.39 is 17.9 Å². The minimum Gasteiger partial charge on any atom is -0.456 e. The first-order chi connectivity index (χ1) is 10.5. The zero-order valence-electron chi connectivity index (χ0n) is 12.4. The fraction of sp³-hybridized carbons (Fsp3) is 0.400. The molecule has 1 aromatic rings. The summed E-state index contributed by atoms with van der Waals surface area (Å²) in [4.78, 5) is 35.1. The molecule has 0 heterocycles. The van der Waals surface area contributed by atoms with Crippen molar-refractivity contribution in [2.24, 2.45) is 0 Å². The minimum absolute atomic E-state index is 0.255. The maximum atomic E-state index is 12.2. The quantitative estimate of drug-likeness (QED) is 0.733. The number of halogens is 1. The predicted octanol–water partition coefficient (Wildman–Crippen LogP) is 2.32. The monoisotopic (exact) mass is 343 g/mol. The molecule has 5 nitrogen and oxygen atoms in total. The van der Waals surface area contributed by atoms with Gasteiger partial charge in [-0.3, -0.25) is 9.59 Å². The zero-order chi connectivity index (χ0) is 16.5. The van der Waals surface area contributed by atoms with Gasteiger partial charge in [-0.05, 0) is 37.5 Å². The third-order valence-corrected chi connectivity index (χ3v) is 3.71. The number of carbonyl (C=O) groups excluding carboxylic acids is 3. The van der Waals surface area contributed by atoms with Crippen LogP contribution in [0.2, 0.25) is 5.02 Å². The molecule has 1 atom stereocenters. The van der Waals surface area contributed by atoms with Crippen LogP contribution in [0.5, 0.6) is 0 Å². The first-order valence-corrected chi connectivity index (χ1v) is 8.43. The molecule has 1 rings (SSSR count). The third kappa shape index (κ3) is 6.07. The highest BCUT2D eigenvalue weighted by Gasteiger charge is 2.23. The van der Waals surface area contributed by atoms with Crippen LogP contribution in [0.25, 0.3) is 0 Å². The Balaban J connectivity index is 2.75. The Morgan fingerprint density at radius 1 is 1.32 bits per heavy atom. The van der Waals surface area contributed by atoms with Gasteiger partial charge < -0.3 is 10.1 Å². The number of nitrogens with one attached hydrogen (secondary N) is 1. The smallest absolute Gasteiger partial charge is 0.329 e. The molecule has 1 N–H and O–H groups in total. The second-order valence-corrected chi connectivity index (χ2v) is 5.99. The maximum Gasteiger partial charge on any atom is 0.329 e. The lowest BCUT2D eigenvalue weighted by Crippen LogP contribution is -2.42. The van der Waals surface area contributed by atoms with Crippen molar-refractivity contribution in [3.63, 3.8) is 0 Å². The number of hydrogen-bond acceptors (Lipinski definition) is 5. The molecule has 0 aromatic heterocycles. The zero-order valence-corrected chi connectivity index (χ0v) is 14.0. The van der Waals surface area contributed by atoms with Crippen molar-refractivity contribution < 1.29 is 19.1 Å². The lowest BCUT2D eigenvalue weighted by Gasteiger charge is -2.17. The van der Waals surface area contributed by atoms with E-state index in [-0.39, 0.29) is 18.0 Å². The van der Waals surface area contributed by atoms with Crippen molar-refractivity contribution in [3.05, 3.63) is 34.9 Å². The average Bonchev–Trinajstić information content (AvgIpc) is 2.49. The van der Waals surface area contributed by atoms with Crippen molar-refractivity contribution in [2.45, 2.75) is 19.4 Å². The van der Waals surface area contributed by atoms with Gasteiger partial charge in [-0.1, -0.05) is 23.7 Å². The summed E-state index contributed by atoms with van der Waals surface area (Å²) in [6.07, 6.45) is 2.31. The first-order valence-electron chi connectivity index (χ1n) is 6.66. The Kier molecular flexibility index (Phi) is 7.98. The van der Waals surface area contributed by atoms with E-state index in [1.54, 1.807) is 36.0 Å². The molecule has 0 aliphatic heterocycles. The van der Waals surface area contributed by atoms with Crippen molar-refractivity contribution in [1.82, 2.24) is 5.32 Å². The van der Waals surface area contributed by atoms with Gasteiger partial charge in [-0.15, -0.1) is 0 Å². The van der Waals surface area contributed by atoms with E-state index in [1.807, 2.05) is 6.26 Å². The van der Waals surface area contributed by atoms with Gasteiger partial charge in [0.15, 0.2) is 5.78 Å². The largest absolute Gasteiger partial charge is 0.456 e. The predicted molar refractivity (Wildman–Crippen MR) is 87.3 cm³/mol. The summed E-state index contributed by atoms with van der Waals surface area (Å²) in [5.74, 6) is -0.654. The second-order valence-electron chi connectivity index (χ2n) is 4.60. The van der Waals surface area contributed by atoms with Gasteiger partial charge in [0.2, 0.25) is 0 Å². The van der Waals surface area contributed by atoms with Crippen LogP contribution in [0.15, 0.2) is 24.3 Å². The van der Waals surface area contributed by atoms with Gasteiger partial charge in [-0.25, -0.2) is 4.79 Å². The molecule has 0 saturated carbocycles. The summed E-state index contributed by atoms with van der Waals surface area (Å²) in [5.41, 5.74) is 0.290. The van der Waals surface area contributed by atoms with Crippen molar-refractivity contribution in [3.8, 4) is 0 Å². The van der Waals surface area contributed by atoms with Crippen LogP contribution in [0.1, 0.15) is 23.7 Å². The van der Waals surface area contributed by atoms with E-state index in [1.165, 1.54) is 6.92 Å². The maximum absolute atomic E-state index is 12.2. The highest BCUT2D eigenvalue weighted by atomic mass is 35.5. The fourth-order valence-electron chi connectivity index (χ4n) is 1.64. The second kappa shape index (κ2) is 9.48. The molecule has 0 radical (unpaired) electrons. The van der Waals surface area contributed by atoms with E-state index in [2.05, 4.69) is 5.32 Å². The Labute approximate surface area is 138 Å². The molecule has 1 amide bonds. The number of carbonyl (C=O) groups is 3. The van der Waals surface area contributed by atoms with Crippen LogP contribution < -0.4 is 5.32 Å². The normalized spacial score (nSPS) is 11.6. The molecular formula is C15H18ClNO4S. The summed E-state index contributed by atoms with van der Waals surface area (Å²) >= 11 is 7.51. The molecule has 0 fully saturated rings. The minimum atomic E-state index is -0.810. The molecule has 22 heavy (non-hydrogen) atoms. The number of ether oxygens (including phenoxy) is 1. The first kappa shape index (κ1) is 18.5. The number of rotatable bonds is 8. The summed E-state index contributed by atoms with van der Waals surface area (Å²) in [6, 6.07) is 5.76. The molecule has 0 bridgehead atoms. The van der Waals surface area contributed by atoms with E-state index in [9.17, 15) is 14.4 Å². The molecule has 120 valence electrons. The number of esters is 1. The molecule has 1 unspecified atom stereocenters. The fourth-order valence-corrected chi connectivity index (χ4v) is 2.33. The average molecular weight is 344 g/mol. The molecule has 7 heteroatoms. The summed E-state index contributed by atoms with van der Waals surface area (Å²) < 4.78 is 4.88. The van der Waals surface area contributed by atoms with Crippen LogP contribution in [-0.2, 0) is 14.3 Å². The highest BCUT2D eigenvalue weighted by Crippen LogP contribution is 2.15. The van der Waals surface area contributed by atoms with Gasteiger partial charge in [0.05, 0.1) is 10.6 Å². The van der Waals surface area contributed by atoms with Gasteiger partial charge in [0, 0.05) is 0 Å². The Morgan fingerprint density at radius 2 is 2.00 bits per heavy atom. The Morgan fingerprint density at radius 3 is 2.59 bits per heavy atom. The van der Waals surface area contributed by atoms with Crippen LogP contribution in [-0.4, -0.2) is 42.3 Å². The number of hydrogen-bond donors (Lipinski definition) is 1. The van der Waals surface area contributed by atoms with Crippen molar-refractivity contribution in [1.29, 1.82) is 0 Å². The van der Waals surface area contributed by atoms with E-state index >= 15 is 0 Å². The van der Waals surface area contributed by atoms with Gasteiger partial charge in [0.1, 0.15) is 12.6 Å². The van der Waals surface area contributed by atoms with E-state index in [0.29, 0.717) is 17.2 Å². The molecule has 0 aliphatic rings. The Bertz CT molecular complexity index is 550. The highest BCUT2D eigenvalue weighted by molar-refractivity contribution is 7.98. The number of Topliss-reactive ketones (excluding diaryl/α,β-unsaturated/α-hetero) is 1. The topological polar surface area (TPSA) is 72.5 Å². The number of benzene rings is 1. The van der Waals surface area contributed by atoms with E-state index in [4.69, 9.17) is 16.3 Å². The summed E-state index contributed by atoms with van der Waals surface area (Å²) in [6.45, 7) is 1.03. The van der Waals surface area contributed by atoms with Gasteiger partial charge in [-0.2, -0.15) is 11.8 Å². The lowest BCUT2D eigenvalue weighted by atomic mass is 10.1. The van der Waals surface area contributed by atoms with E-state index in [0.717, 1.165) is 0 Å². The SMILES string of the molecule is CSCCC(NC(=O)c1ccccc1Cl)C(=O)OCC(C)=O. The van der Waals surface area contributed by atoms with Crippen molar-refractivity contribution >= 4 is 41.0 Å². The van der Waals surface area contributed by atoms with Gasteiger partial charge >= 0.3 is 5.97 Å². The standard InChI is InChI=1S/C15H18ClNO4S/c1-10(18)9-21-15(20)13(7-8-22-2)17-14(19)11-5-3-4-6-12(11)16/h3-6,13H,7-9H2,1-2H3,(H,17,19). The number of ketones is 1. The van der Waals surface area contributed by atoms with Crippen LogP contribution in [0, 0.1) is 0 Å². The number of thioether (sulfide) groups is 1. The summed E-state index contributed by atoms with van der Waals surface area (Å²) in [7, 11) is 0. The number of amides is 1. The molecule has 1 aromatic carbocycles. The lowest BCUT2D eigenvalue weighted by molar-refractivity contribution is -0.149.